The molecule has 0 saturated carbocycles. The summed E-state index contributed by atoms with van der Waals surface area (Å²) >= 11 is 0. The number of halogens is 3. The highest BCUT2D eigenvalue weighted by Gasteiger charge is 2.38. The highest BCUT2D eigenvalue weighted by molar-refractivity contribution is 6.08. The van der Waals surface area contributed by atoms with Crippen LogP contribution in [0.1, 0.15) is 0 Å². The van der Waals surface area contributed by atoms with E-state index in [0.717, 1.165) is 0 Å². The molecule has 0 saturated heterocycles. The summed E-state index contributed by atoms with van der Waals surface area (Å²) in [5, 5.41) is 17.3. The van der Waals surface area contributed by atoms with Gasteiger partial charge in [-0.15, -0.1) is 0 Å². The molecule has 1 rings (SSSR count). The van der Waals surface area contributed by atoms with E-state index in [0.29, 0.717) is 0 Å². The van der Waals surface area contributed by atoms with Gasteiger partial charge < -0.3 is 15.8 Å². The molecule has 0 spiro atoms. The fourth-order valence-electron chi connectivity index (χ4n) is 1.11. The van der Waals surface area contributed by atoms with Crippen molar-refractivity contribution < 1.29 is 23.1 Å². The zero-order valence-corrected chi connectivity index (χ0v) is 8.82. The van der Waals surface area contributed by atoms with Crippen LogP contribution in [0.15, 0.2) is 35.8 Å². The molecule has 0 aliphatic rings. The van der Waals surface area contributed by atoms with Gasteiger partial charge in [0.25, 0.3) is 0 Å². The monoisotopic (exact) mass is 259 g/mol. The van der Waals surface area contributed by atoms with Gasteiger partial charge in [-0.1, -0.05) is 0 Å². The molecule has 8 heteroatoms. The van der Waals surface area contributed by atoms with E-state index in [1.165, 1.54) is 24.5 Å². The molecule has 0 bridgehead atoms. The first-order valence-corrected chi connectivity index (χ1v) is 4.58. The Kier molecular flexibility index (Phi) is 4.03. The summed E-state index contributed by atoms with van der Waals surface area (Å²) in [6.45, 7) is 0. The van der Waals surface area contributed by atoms with E-state index in [4.69, 9.17) is 10.5 Å². The van der Waals surface area contributed by atoms with Crippen LogP contribution in [0.2, 0.25) is 0 Å². The molecule has 5 nitrogen and oxygen atoms in total. The SMILES string of the molecule is N=C/C(C(=O)O)=C(\Nc1ccncc1)C(F)(F)F. The summed E-state index contributed by atoms with van der Waals surface area (Å²) in [5.74, 6) is -1.83. The number of carbonyl (C=O) groups is 1. The summed E-state index contributed by atoms with van der Waals surface area (Å²) < 4.78 is 38.1. The predicted octanol–water partition coefficient (Wildman–Crippen LogP) is 2.04. The van der Waals surface area contributed by atoms with Gasteiger partial charge in [0.1, 0.15) is 11.3 Å². The van der Waals surface area contributed by atoms with Crippen LogP contribution >= 0.6 is 0 Å². The van der Waals surface area contributed by atoms with Gasteiger partial charge in [-0.2, -0.15) is 13.2 Å². The number of pyridine rings is 1. The first-order valence-electron chi connectivity index (χ1n) is 4.58. The number of anilines is 1. The van der Waals surface area contributed by atoms with E-state index in [9.17, 15) is 18.0 Å². The van der Waals surface area contributed by atoms with Crippen molar-refractivity contribution in [1.82, 2.24) is 4.98 Å². The number of rotatable bonds is 4. The lowest BCUT2D eigenvalue weighted by atomic mass is 10.2. The number of nitrogens with one attached hydrogen (secondary N) is 2. The Hall–Kier alpha value is -2.38. The zero-order chi connectivity index (χ0) is 13.8. The predicted molar refractivity (Wildman–Crippen MR) is 57.4 cm³/mol. The van der Waals surface area contributed by atoms with Gasteiger partial charge in [-0.05, 0) is 12.1 Å². The van der Waals surface area contributed by atoms with Crippen LogP contribution in [0.5, 0.6) is 0 Å². The molecule has 1 aromatic rings. The Morgan fingerprint density at radius 1 is 1.39 bits per heavy atom. The number of carboxylic acid groups (broad SMARTS) is 1. The van der Waals surface area contributed by atoms with Crippen LogP contribution in [0.3, 0.4) is 0 Å². The zero-order valence-electron chi connectivity index (χ0n) is 8.82. The lowest BCUT2D eigenvalue weighted by molar-refractivity contribution is -0.133. The van der Waals surface area contributed by atoms with Crippen molar-refractivity contribution in [2.24, 2.45) is 0 Å². The Morgan fingerprint density at radius 3 is 2.33 bits per heavy atom. The smallest absolute Gasteiger partial charge is 0.432 e. The minimum absolute atomic E-state index is 0.0259. The second kappa shape index (κ2) is 5.30. The molecular formula is C10H8F3N3O2. The minimum atomic E-state index is -4.91. The van der Waals surface area contributed by atoms with Crippen LogP contribution in [0.25, 0.3) is 0 Å². The van der Waals surface area contributed by atoms with Crippen LogP contribution < -0.4 is 5.32 Å². The Bertz CT molecular complexity index is 483. The highest BCUT2D eigenvalue weighted by atomic mass is 19.4. The first-order chi connectivity index (χ1) is 8.36. The van der Waals surface area contributed by atoms with E-state index < -0.39 is 23.4 Å². The Balaban J connectivity index is 3.24. The van der Waals surface area contributed by atoms with Gasteiger partial charge in [-0.25, -0.2) is 4.79 Å². The lowest BCUT2D eigenvalue weighted by Crippen LogP contribution is -2.24. The molecule has 0 aromatic carbocycles. The molecule has 0 radical (unpaired) electrons. The molecular weight excluding hydrogens is 251 g/mol. The molecule has 0 aliphatic carbocycles. The van der Waals surface area contributed by atoms with E-state index in [1.807, 2.05) is 5.32 Å². The van der Waals surface area contributed by atoms with Gasteiger partial charge in [-0.3, -0.25) is 4.98 Å². The second-order valence-electron chi connectivity index (χ2n) is 3.10. The summed E-state index contributed by atoms with van der Waals surface area (Å²) in [5.41, 5.74) is -2.64. The first kappa shape index (κ1) is 13.7. The van der Waals surface area contributed by atoms with Gasteiger partial charge in [0.15, 0.2) is 0 Å². The van der Waals surface area contributed by atoms with E-state index >= 15 is 0 Å². The molecule has 0 atom stereocenters. The van der Waals surface area contributed by atoms with Crippen molar-refractivity contribution in [1.29, 1.82) is 5.41 Å². The van der Waals surface area contributed by atoms with Crippen molar-refractivity contribution in [3.05, 3.63) is 35.8 Å². The molecule has 0 unspecified atom stereocenters. The minimum Gasteiger partial charge on any atom is -0.478 e. The number of hydrogen-bond acceptors (Lipinski definition) is 4. The topological polar surface area (TPSA) is 86.1 Å². The number of allylic oxidation sites excluding steroid dienone is 1. The summed E-state index contributed by atoms with van der Waals surface area (Å²) in [6, 6.07) is 2.49. The van der Waals surface area contributed by atoms with Crippen molar-refractivity contribution in [3.8, 4) is 0 Å². The molecule has 0 fully saturated rings. The standard InChI is InChI=1S/C10H8F3N3O2/c11-10(12,13)8(7(5-14)9(17)18)16-6-1-3-15-4-2-6/h1-5,14H,(H,15,16)(H,17,18)/b8-7+,14-5?. The average Bonchev–Trinajstić information content (AvgIpc) is 2.28. The van der Waals surface area contributed by atoms with Gasteiger partial charge >= 0.3 is 12.1 Å². The molecule has 18 heavy (non-hydrogen) atoms. The second-order valence-corrected chi connectivity index (χ2v) is 3.10. The average molecular weight is 259 g/mol. The number of nitrogens with zero attached hydrogens (tertiary/aromatic N) is 1. The summed E-state index contributed by atoms with van der Waals surface area (Å²) in [6.07, 6.45) is -2.27. The Morgan fingerprint density at radius 2 is 1.94 bits per heavy atom. The number of aromatic nitrogens is 1. The van der Waals surface area contributed by atoms with Crippen molar-refractivity contribution in [2.45, 2.75) is 6.18 Å². The van der Waals surface area contributed by atoms with Gasteiger partial charge in [0.05, 0.1) is 0 Å². The fraction of sp³-hybridized carbons (Fsp3) is 0.100. The molecule has 1 heterocycles. The number of alkyl halides is 3. The van der Waals surface area contributed by atoms with Crippen molar-refractivity contribution >= 4 is 17.9 Å². The summed E-state index contributed by atoms with van der Waals surface area (Å²) in [4.78, 5) is 14.3. The number of aliphatic carboxylic acids is 1. The molecule has 0 aliphatic heterocycles. The fourth-order valence-corrected chi connectivity index (χ4v) is 1.11. The number of carboxylic acids is 1. The lowest BCUT2D eigenvalue weighted by Gasteiger charge is -2.15. The maximum absolute atomic E-state index is 12.7. The quantitative estimate of drug-likeness (QED) is 0.570. The summed E-state index contributed by atoms with van der Waals surface area (Å²) in [7, 11) is 0. The maximum atomic E-state index is 12.7. The highest BCUT2D eigenvalue weighted by Crippen LogP contribution is 2.29. The maximum Gasteiger partial charge on any atom is 0.432 e. The molecule has 3 N–H and O–H groups in total. The third-order valence-corrected chi connectivity index (χ3v) is 1.88. The third-order valence-electron chi connectivity index (χ3n) is 1.88. The van der Waals surface area contributed by atoms with Crippen LogP contribution in [0, 0.1) is 5.41 Å². The third kappa shape index (κ3) is 3.30. The van der Waals surface area contributed by atoms with Crippen molar-refractivity contribution in [2.75, 3.05) is 5.32 Å². The van der Waals surface area contributed by atoms with Crippen LogP contribution in [-0.4, -0.2) is 28.5 Å². The molecule has 96 valence electrons. The van der Waals surface area contributed by atoms with E-state index in [1.54, 1.807) is 0 Å². The van der Waals surface area contributed by atoms with Gasteiger partial charge in [0, 0.05) is 24.3 Å². The molecule has 1 aromatic heterocycles. The molecule has 0 amide bonds. The Labute approximate surface area is 99.5 Å². The van der Waals surface area contributed by atoms with E-state index in [2.05, 4.69) is 4.98 Å². The normalized spacial score (nSPS) is 12.6. The number of hydrogen-bond donors (Lipinski definition) is 3. The largest absolute Gasteiger partial charge is 0.478 e. The van der Waals surface area contributed by atoms with Crippen LogP contribution in [0.4, 0.5) is 18.9 Å². The van der Waals surface area contributed by atoms with E-state index in [-0.39, 0.29) is 11.9 Å². The van der Waals surface area contributed by atoms with Gasteiger partial charge in [0.2, 0.25) is 0 Å². The van der Waals surface area contributed by atoms with Crippen molar-refractivity contribution in [3.63, 3.8) is 0 Å². The van der Waals surface area contributed by atoms with Crippen LogP contribution in [-0.2, 0) is 4.79 Å².